The number of ether oxygens (including phenoxy) is 2. The number of hydrogen-bond donors (Lipinski definition) is 2. The molecule has 0 radical (unpaired) electrons. The molecule has 2 amide bonds. The minimum atomic E-state index is -0.392. The third kappa shape index (κ3) is 6.19. The first-order chi connectivity index (χ1) is 13.1. The predicted octanol–water partition coefficient (Wildman–Crippen LogP) is 3.54. The number of urea groups is 1. The van der Waals surface area contributed by atoms with Crippen molar-refractivity contribution < 1.29 is 19.4 Å². The molecule has 3 rings (SSSR count). The van der Waals surface area contributed by atoms with Gasteiger partial charge >= 0.3 is 6.03 Å². The van der Waals surface area contributed by atoms with Gasteiger partial charge in [0.25, 0.3) is 0 Å². The van der Waals surface area contributed by atoms with Crippen LogP contribution in [0.1, 0.15) is 51.0 Å². The fourth-order valence-corrected chi connectivity index (χ4v) is 3.92. The van der Waals surface area contributed by atoms with Crippen LogP contribution < -0.4 is 5.32 Å². The second kappa shape index (κ2) is 10.1. The number of nitrogens with one attached hydrogen (secondary N) is 1. The molecule has 1 aromatic rings. The van der Waals surface area contributed by atoms with Crippen LogP contribution >= 0.6 is 0 Å². The molecule has 2 aliphatic heterocycles. The lowest BCUT2D eigenvalue weighted by Crippen LogP contribution is -2.40. The Hall–Kier alpha value is -1.63. The molecule has 2 saturated heterocycles. The lowest BCUT2D eigenvalue weighted by molar-refractivity contribution is -0.0447. The van der Waals surface area contributed by atoms with Crippen molar-refractivity contribution in [1.82, 2.24) is 4.90 Å². The van der Waals surface area contributed by atoms with Gasteiger partial charge in [-0.3, -0.25) is 0 Å². The monoisotopic (exact) mass is 376 g/mol. The van der Waals surface area contributed by atoms with Gasteiger partial charge in [-0.1, -0.05) is 12.1 Å². The SMILES string of the molecule is C[C@H](O)C[C@@H]1CCCN1C(=O)Nc1cccc(COC[C@H]2CCCCO2)c1. The standard InChI is InChI=1S/C21H32N2O4/c1-16(24)12-19-8-5-10-23(19)21(25)22-18-7-4-6-17(13-18)14-26-15-20-9-2-3-11-27-20/h4,6-7,13,16,19-20,24H,2-3,5,8-12,14-15H2,1H3,(H,22,25)/t16-,19-,20+/m0/s1. The molecule has 0 aliphatic carbocycles. The smallest absolute Gasteiger partial charge is 0.322 e. The zero-order valence-corrected chi connectivity index (χ0v) is 16.2. The average Bonchev–Trinajstić information content (AvgIpc) is 3.10. The van der Waals surface area contributed by atoms with Crippen LogP contribution in [0.25, 0.3) is 0 Å². The summed E-state index contributed by atoms with van der Waals surface area (Å²) in [4.78, 5) is 14.5. The Morgan fingerprint density at radius 2 is 2.26 bits per heavy atom. The summed E-state index contributed by atoms with van der Waals surface area (Å²) < 4.78 is 11.5. The van der Waals surface area contributed by atoms with Crippen LogP contribution in [0.2, 0.25) is 0 Å². The van der Waals surface area contributed by atoms with E-state index in [4.69, 9.17) is 9.47 Å². The molecule has 3 atom stereocenters. The Bertz CT molecular complexity index is 602. The van der Waals surface area contributed by atoms with E-state index in [2.05, 4.69) is 5.32 Å². The number of anilines is 1. The van der Waals surface area contributed by atoms with Gasteiger partial charge < -0.3 is 24.8 Å². The zero-order valence-electron chi connectivity index (χ0n) is 16.2. The van der Waals surface area contributed by atoms with Gasteiger partial charge in [0.2, 0.25) is 0 Å². The maximum Gasteiger partial charge on any atom is 0.322 e. The molecule has 0 aromatic heterocycles. The van der Waals surface area contributed by atoms with Crippen LogP contribution in [0, 0.1) is 0 Å². The number of carbonyl (C=O) groups excluding carboxylic acids is 1. The molecular formula is C21H32N2O4. The van der Waals surface area contributed by atoms with Crippen molar-refractivity contribution in [2.24, 2.45) is 0 Å². The Balaban J connectivity index is 1.48. The molecule has 0 bridgehead atoms. The number of hydrogen-bond acceptors (Lipinski definition) is 4. The topological polar surface area (TPSA) is 71.0 Å². The van der Waals surface area contributed by atoms with Crippen molar-refractivity contribution in [2.45, 2.75) is 70.3 Å². The molecule has 6 nitrogen and oxygen atoms in total. The molecular weight excluding hydrogens is 344 g/mol. The van der Waals surface area contributed by atoms with Crippen molar-refractivity contribution in [1.29, 1.82) is 0 Å². The van der Waals surface area contributed by atoms with Crippen molar-refractivity contribution in [3.8, 4) is 0 Å². The quantitative estimate of drug-likeness (QED) is 0.764. The maximum atomic E-state index is 12.6. The second-order valence-electron chi connectivity index (χ2n) is 7.71. The van der Waals surface area contributed by atoms with Crippen molar-refractivity contribution in [2.75, 3.05) is 25.1 Å². The van der Waals surface area contributed by atoms with Crippen molar-refractivity contribution in [3.05, 3.63) is 29.8 Å². The Morgan fingerprint density at radius 1 is 1.37 bits per heavy atom. The molecule has 2 fully saturated rings. The Morgan fingerprint density at radius 3 is 3.04 bits per heavy atom. The number of rotatable bonds is 7. The highest BCUT2D eigenvalue weighted by molar-refractivity contribution is 5.89. The molecule has 2 heterocycles. The zero-order chi connectivity index (χ0) is 19.1. The fraction of sp³-hybridized carbons (Fsp3) is 0.667. The van der Waals surface area contributed by atoms with E-state index in [-0.39, 0.29) is 18.2 Å². The summed E-state index contributed by atoms with van der Waals surface area (Å²) in [5.74, 6) is 0. The molecule has 6 heteroatoms. The van der Waals surface area contributed by atoms with Crippen LogP contribution in [-0.4, -0.2) is 54.0 Å². The van der Waals surface area contributed by atoms with E-state index < -0.39 is 6.10 Å². The molecule has 150 valence electrons. The van der Waals surface area contributed by atoms with Crippen molar-refractivity contribution in [3.63, 3.8) is 0 Å². The number of carbonyl (C=O) groups is 1. The number of benzene rings is 1. The van der Waals surface area contributed by atoms with E-state index >= 15 is 0 Å². The van der Waals surface area contributed by atoms with Gasteiger partial charge in [-0.05, 0) is 63.1 Å². The summed E-state index contributed by atoms with van der Waals surface area (Å²) in [6.07, 6.45) is 5.82. The van der Waals surface area contributed by atoms with Gasteiger partial charge in [0, 0.05) is 24.9 Å². The molecule has 0 saturated carbocycles. The largest absolute Gasteiger partial charge is 0.393 e. The summed E-state index contributed by atoms with van der Waals surface area (Å²) in [5.41, 5.74) is 1.81. The Labute approximate surface area is 161 Å². The van der Waals surface area contributed by atoms with E-state index in [1.165, 1.54) is 6.42 Å². The number of aliphatic hydroxyl groups excluding tert-OH is 1. The summed E-state index contributed by atoms with van der Waals surface area (Å²) >= 11 is 0. The lowest BCUT2D eigenvalue weighted by Gasteiger charge is -2.26. The minimum absolute atomic E-state index is 0.0909. The predicted molar refractivity (Wildman–Crippen MR) is 105 cm³/mol. The van der Waals surface area contributed by atoms with Gasteiger partial charge in [-0.25, -0.2) is 4.79 Å². The Kier molecular flexibility index (Phi) is 7.50. The minimum Gasteiger partial charge on any atom is -0.393 e. The summed E-state index contributed by atoms with van der Waals surface area (Å²) in [6.45, 7) is 4.48. The first-order valence-electron chi connectivity index (χ1n) is 10.2. The molecule has 1 aromatic carbocycles. The van der Waals surface area contributed by atoms with Crippen molar-refractivity contribution >= 4 is 11.7 Å². The maximum absolute atomic E-state index is 12.6. The van der Waals surface area contributed by atoms with Gasteiger partial charge in [0.1, 0.15) is 0 Å². The number of aliphatic hydroxyl groups is 1. The molecule has 0 spiro atoms. The highest BCUT2D eigenvalue weighted by Crippen LogP contribution is 2.23. The summed E-state index contributed by atoms with van der Waals surface area (Å²) in [7, 11) is 0. The van der Waals surface area contributed by atoms with Gasteiger partial charge in [-0.15, -0.1) is 0 Å². The molecule has 2 N–H and O–H groups in total. The van der Waals surface area contributed by atoms with Crippen LogP contribution in [0.3, 0.4) is 0 Å². The fourth-order valence-electron chi connectivity index (χ4n) is 3.92. The van der Waals surface area contributed by atoms with E-state index in [0.717, 1.165) is 50.1 Å². The van der Waals surface area contributed by atoms with E-state index in [0.29, 0.717) is 19.6 Å². The van der Waals surface area contributed by atoms with Crippen LogP contribution in [-0.2, 0) is 16.1 Å². The first-order valence-corrected chi connectivity index (χ1v) is 10.2. The van der Waals surface area contributed by atoms with Crippen LogP contribution in [0.15, 0.2) is 24.3 Å². The van der Waals surface area contributed by atoms with Crippen LogP contribution in [0.4, 0.5) is 10.5 Å². The van der Waals surface area contributed by atoms with Gasteiger partial charge in [0.15, 0.2) is 0 Å². The van der Waals surface area contributed by atoms with E-state index in [1.807, 2.05) is 29.2 Å². The molecule has 2 aliphatic rings. The number of nitrogens with zero attached hydrogens (tertiary/aromatic N) is 1. The van der Waals surface area contributed by atoms with Gasteiger partial charge in [-0.2, -0.15) is 0 Å². The summed E-state index contributed by atoms with van der Waals surface area (Å²) in [6, 6.07) is 7.82. The van der Waals surface area contributed by atoms with E-state index in [1.54, 1.807) is 6.92 Å². The highest BCUT2D eigenvalue weighted by atomic mass is 16.5. The normalized spacial score (nSPS) is 24.0. The first kappa shape index (κ1) is 20.1. The molecule has 27 heavy (non-hydrogen) atoms. The van der Waals surface area contributed by atoms with Gasteiger partial charge in [0.05, 0.1) is 25.4 Å². The molecule has 0 unspecified atom stereocenters. The number of likely N-dealkylation sites (tertiary alicyclic amines) is 1. The summed E-state index contributed by atoms with van der Waals surface area (Å²) in [5, 5.41) is 12.6. The van der Waals surface area contributed by atoms with Crippen LogP contribution in [0.5, 0.6) is 0 Å². The highest BCUT2D eigenvalue weighted by Gasteiger charge is 2.29. The number of amides is 2. The van der Waals surface area contributed by atoms with E-state index in [9.17, 15) is 9.90 Å². The third-order valence-electron chi connectivity index (χ3n) is 5.28. The third-order valence-corrected chi connectivity index (χ3v) is 5.28. The lowest BCUT2D eigenvalue weighted by atomic mass is 10.1. The average molecular weight is 376 g/mol. The second-order valence-corrected chi connectivity index (χ2v) is 7.71.